The highest BCUT2D eigenvalue weighted by molar-refractivity contribution is 7.15. The minimum atomic E-state index is -0.328. The Labute approximate surface area is 102 Å². The predicted octanol–water partition coefficient (Wildman–Crippen LogP) is 3.66. The molecule has 2 heterocycles. The van der Waals surface area contributed by atoms with Crippen molar-refractivity contribution in [2.75, 3.05) is 7.11 Å². The molecule has 0 N–H and O–H groups in total. The van der Waals surface area contributed by atoms with E-state index in [1.165, 1.54) is 23.6 Å². The largest absolute Gasteiger partial charge is 0.466 e. The van der Waals surface area contributed by atoms with Crippen molar-refractivity contribution >= 4 is 34.7 Å². The molecule has 0 fully saturated rings. The second-order valence-corrected chi connectivity index (χ2v) is 4.96. The zero-order valence-corrected chi connectivity index (χ0v) is 10.3. The third-order valence-corrected chi connectivity index (χ3v) is 3.83. The van der Waals surface area contributed by atoms with E-state index in [0.717, 1.165) is 4.88 Å². The molecule has 0 bridgehead atoms. The minimum absolute atomic E-state index is 0.328. The van der Waals surface area contributed by atoms with E-state index in [9.17, 15) is 4.79 Å². The molecule has 0 amide bonds. The molecule has 0 aliphatic rings. The van der Waals surface area contributed by atoms with Gasteiger partial charge in [0, 0.05) is 21.4 Å². The zero-order chi connectivity index (χ0) is 11.4. The average Bonchev–Trinajstić information content (AvgIpc) is 2.95. The zero-order valence-electron chi connectivity index (χ0n) is 8.67. The van der Waals surface area contributed by atoms with E-state index in [4.69, 9.17) is 0 Å². The van der Waals surface area contributed by atoms with Gasteiger partial charge in [-0.25, -0.2) is 4.79 Å². The van der Waals surface area contributed by atoms with E-state index in [1.54, 1.807) is 28.7 Å². The van der Waals surface area contributed by atoms with Crippen LogP contribution in [0.1, 0.15) is 4.88 Å². The standard InChI is InChI=1S/C12H10O2S2/c1-14-12(13)5-4-10-7-9(8-16-10)11-3-2-6-15-11/h2-8H,1H3/b5-4+. The fraction of sp³-hybridized carbons (Fsp3) is 0.0833. The van der Waals surface area contributed by atoms with Crippen LogP contribution in [0.15, 0.2) is 35.0 Å². The average molecular weight is 250 g/mol. The first-order valence-corrected chi connectivity index (χ1v) is 6.44. The summed E-state index contributed by atoms with van der Waals surface area (Å²) in [6.45, 7) is 0. The number of ether oxygens (including phenoxy) is 1. The number of thiophene rings is 2. The van der Waals surface area contributed by atoms with E-state index in [1.807, 2.05) is 6.07 Å². The second-order valence-electron chi connectivity index (χ2n) is 3.07. The summed E-state index contributed by atoms with van der Waals surface area (Å²) in [6, 6.07) is 6.18. The van der Waals surface area contributed by atoms with Crippen molar-refractivity contribution < 1.29 is 9.53 Å². The highest BCUT2D eigenvalue weighted by Gasteiger charge is 2.01. The van der Waals surface area contributed by atoms with Crippen molar-refractivity contribution in [3.05, 3.63) is 39.9 Å². The lowest BCUT2D eigenvalue weighted by Crippen LogP contribution is -1.92. The first-order chi connectivity index (χ1) is 7.79. The van der Waals surface area contributed by atoms with Crippen LogP contribution in [-0.2, 0) is 9.53 Å². The molecule has 0 unspecified atom stereocenters. The number of esters is 1. The van der Waals surface area contributed by atoms with Gasteiger partial charge in [-0.05, 0) is 29.0 Å². The molecule has 2 aromatic rings. The van der Waals surface area contributed by atoms with Crippen LogP contribution in [0.2, 0.25) is 0 Å². The van der Waals surface area contributed by atoms with Crippen LogP contribution >= 0.6 is 22.7 Å². The van der Waals surface area contributed by atoms with Gasteiger partial charge in [0.05, 0.1) is 7.11 Å². The molecule has 0 radical (unpaired) electrons. The van der Waals surface area contributed by atoms with E-state index in [-0.39, 0.29) is 5.97 Å². The Hall–Kier alpha value is -1.39. The molecule has 2 rings (SSSR count). The summed E-state index contributed by atoms with van der Waals surface area (Å²) < 4.78 is 4.53. The second kappa shape index (κ2) is 5.09. The maximum atomic E-state index is 10.9. The fourth-order valence-electron chi connectivity index (χ4n) is 1.23. The maximum absolute atomic E-state index is 10.9. The van der Waals surface area contributed by atoms with Crippen LogP contribution in [0.4, 0.5) is 0 Å². The van der Waals surface area contributed by atoms with E-state index in [0.29, 0.717) is 0 Å². The van der Waals surface area contributed by atoms with Gasteiger partial charge in [0.2, 0.25) is 0 Å². The van der Waals surface area contributed by atoms with Crippen molar-refractivity contribution in [3.63, 3.8) is 0 Å². The lowest BCUT2D eigenvalue weighted by Gasteiger charge is -1.88. The molecule has 0 saturated carbocycles. The van der Waals surface area contributed by atoms with E-state index >= 15 is 0 Å². The summed E-state index contributed by atoms with van der Waals surface area (Å²) in [6.07, 6.45) is 3.21. The number of carbonyl (C=O) groups is 1. The highest BCUT2D eigenvalue weighted by atomic mass is 32.1. The lowest BCUT2D eigenvalue weighted by molar-refractivity contribution is -0.134. The summed E-state index contributed by atoms with van der Waals surface area (Å²) in [5.41, 5.74) is 1.20. The molecule has 0 atom stereocenters. The van der Waals surface area contributed by atoms with Crippen LogP contribution in [0.25, 0.3) is 16.5 Å². The third-order valence-electron chi connectivity index (χ3n) is 2.01. The summed E-state index contributed by atoms with van der Waals surface area (Å²) >= 11 is 3.32. The topological polar surface area (TPSA) is 26.3 Å². The molecule has 2 aromatic heterocycles. The highest BCUT2D eigenvalue weighted by Crippen LogP contribution is 2.29. The van der Waals surface area contributed by atoms with Crippen molar-refractivity contribution in [1.29, 1.82) is 0 Å². The summed E-state index contributed by atoms with van der Waals surface area (Å²) in [5.74, 6) is -0.328. The van der Waals surface area contributed by atoms with E-state index in [2.05, 4.69) is 27.6 Å². The summed E-state index contributed by atoms with van der Waals surface area (Å²) in [7, 11) is 1.37. The van der Waals surface area contributed by atoms with Crippen LogP contribution in [0.5, 0.6) is 0 Å². The normalized spacial score (nSPS) is 10.8. The van der Waals surface area contributed by atoms with Gasteiger partial charge in [0.15, 0.2) is 0 Å². The molecule has 0 spiro atoms. The molecular formula is C12H10O2S2. The fourth-order valence-corrected chi connectivity index (χ4v) is 2.82. The van der Waals surface area contributed by atoms with Crippen molar-refractivity contribution in [3.8, 4) is 10.4 Å². The van der Waals surface area contributed by atoms with Gasteiger partial charge in [0.1, 0.15) is 0 Å². The molecule has 0 saturated heterocycles. The van der Waals surface area contributed by atoms with Gasteiger partial charge in [-0.3, -0.25) is 0 Å². The number of carbonyl (C=O) groups excluding carboxylic acids is 1. The van der Waals surface area contributed by atoms with Crippen molar-refractivity contribution in [2.24, 2.45) is 0 Å². The Morgan fingerprint density at radius 1 is 1.44 bits per heavy atom. The van der Waals surface area contributed by atoms with Crippen LogP contribution < -0.4 is 0 Å². The summed E-state index contributed by atoms with van der Waals surface area (Å²) in [5, 5.41) is 4.14. The molecule has 2 nitrogen and oxygen atoms in total. The Kier molecular flexibility index (Phi) is 3.54. The van der Waals surface area contributed by atoms with Gasteiger partial charge in [-0.1, -0.05) is 6.07 Å². The molecule has 4 heteroatoms. The van der Waals surface area contributed by atoms with Gasteiger partial charge in [0.25, 0.3) is 0 Å². The predicted molar refractivity (Wildman–Crippen MR) is 68.7 cm³/mol. The lowest BCUT2D eigenvalue weighted by atomic mass is 10.2. The molecule has 0 aliphatic carbocycles. The van der Waals surface area contributed by atoms with Crippen molar-refractivity contribution in [1.82, 2.24) is 0 Å². The van der Waals surface area contributed by atoms with Crippen LogP contribution in [0.3, 0.4) is 0 Å². The van der Waals surface area contributed by atoms with Crippen LogP contribution in [-0.4, -0.2) is 13.1 Å². The molecular weight excluding hydrogens is 240 g/mol. The molecule has 0 aromatic carbocycles. The van der Waals surface area contributed by atoms with E-state index < -0.39 is 0 Å². The number of hydrogen-bond donors (Lipinski definition) is 0. The Balaban J connectivity index is 2.14. The SMILES string of the molecule is COC(=O)/C=C/c1cc(-c2cccs2)cs1. The molecule has 82 valence electrons. The van der Waals surface area contributed by atoms with Gasteiger partial charge < -0.3 is 4.74 Å². The monoisotopic (exact) mass is 250 g/mol. The first-order valence-electron chi connectivity index (χ1n) is 4.68. The molecule has 16 heavy (non-hydrogen) atoms. The van der Waals surface area contributed by atoms with Gasteiger partial charge in [-0.2, -0.15) is 0 Å². The van der Waals surface area contributed by atoms with Gasteiger partial charge in [-0.15, -0.1) is 22.7 Å². The van der Waals surface area contributed by atoms with Crippen LogP contribution in [0, 0.1) is 0 Å². The Morgan fingerprint density at radius 3 is 3.00 bits per heavy atom. The Bertz CT molecular complexity index is 495. The van der Waals surface area contributed by atoms with Gasteiger partial charge >= 0.3 is 5.97 Å². The minimum Gasteiger partial charge on any atom is -0.466 e. The quantitative estimate of drug-likeness (QED) is 0.614. The third kappa shape index (κ3) is 2.59. The summed E-state index contributed by atoms with van der Waals surface area (Å²) in [4.78, 5) is 13.2. The maximum Gasteiger partial charge on any atom is 0.330 e. The smallest absolute Gasteiger partial charge is 0.330 e. The number of hydrogen-bond acceptors (Lipinski definition) is 4. The molecule has 0 aliphatic heterocycles. The Morgan fingerprint density at radius 2 is 2.31 bits per heavy atom. The van der Waals surface area contributed by atoms with Crippen molar-refractivity contribution in [2.45, 2.75) is 0 Å². The number of methoxy groups -OCH3 is 1. The number of rotatable bonds is 3. The first kappa shape index (κ1) is 11.1.